The Bertz CT molecular complexity index is 534. The Labute approximate surface area is 110 Å². The molecule has 2 aliphatic rings. The van der Waals surface area contributed by atoms with Crippen molar-refractivity contribution in [3.05, 3.63) is 28.8 Å². The van der Waals surface area contributed by atoms with Crippen molar-refractivity contribution in [2.45, 2.75) is 37.8 Å². The highest BCUT2D eigenvalue weighted by Crippen LogP contribution is 2.49. The molecule has 1 aliphatic carbocycles. The van der Waals surface area contributed by atoms with Gasteiger partial charge in [-0.2, -0.15) is 0 Å². The molecule has 1 unspecified atom stereocenters. The van der Waals surface area contributed by atoms with Gasteiger partial charge in [-0.05, 0) is 24.3 Å². The molecule has 2 aromatic rings. The van der Waals surface area contributed by atoms with Crippen LogP contribution in [-0.2, 0) is 0 Å². The Hall–Kier alpha value is -1.13. The lowest BCUT2D eigenvalue weighted by atomic mass is 9.81. The van der Waals surface area contributed by atoms with Crippen LogP contribution in [0.1, 0.15) is 36.6 Å². The third-order valence-electron chi connectivity index (χ3n) is 4.39. The third kappa shape index (κ3) is 1.36. The fourth-order valence-electron chi connectivity index (χ4n) is 3.53. The van der Waals surface area contributed by atoms with Crippen molar-refractivity contribution in [3.8, 4) is 11.3 Å². The van der Waals surface area contributed by atoms with Gasteiger partial charge < -0.3 is 9.67 Å². The predicted octanol–water partition coefficient (Wildman–Crippen LogP) is 3.07. The first-order chi connectivity index (χ1) is 8.86. The van der Waals surface area contributed by atoms with Gasteiger partial charge in [0.05, 0.1) is 30.4 Å². The minimum Gasteiger partial charge on any atom is -0.393 e. The third-order valence-corrected chi connectivity index (χ3v) is 5.38. The van der Waals surface area contributed by atoms with E-state index in [1.807, 2.05) is 23.9 Å². The van der Waals surface area contributed by atoms with Crippen LogP contribution in [0.2, 0.25) is 0 Å². The molecule has 18 heavy (non-hydrogen) atoms. The molecule has 3 atom stereocenters. The van der Waals surface area contributed by atoms with Crippen LogP contribution in [0.5, 0.6) is 0 Å². The topological polar surface area (TPSA) is 38.1 Å². The molecular formula is C14H16N2OS. The number of aliphatic hydroxyl groups excluding tert-OH is 1. The van der Waals surface area contributed by atoms with Crippen molar-refractivity contribution in [2.24, 2.45) is 5.92 Å². The fourth-order valence-corrected chi connectivity index (χ4v) is 4.61. The molecule has 0 spiro atoms. The van der Waals surface area contributed by atoms with Crippen molar-refractivity contribution in [1.29, 1.82) is 0 Å². The van der Waals surface area contributed by atoms with Gasteiger partial charge in [-0.15, -0.1) is 11.3 Å². The van der Waals surface area contributed by atoms with E-state index in [4.69, 9.17) is 0 Å². The van der Waals surface area contributed by atoms with E-state index in [1.54, 1.807) is 0 Å². The lowest BCUT2D eigenvalue weighted by molar-refractivity contribution is 0.0510. The fraction of sp³-hybridized carbons (Fsp3) is 0.500. The summed E-state index contributed by atoms with van der Waals surface area (Å²) in [5, 5.41) is 12.5. The molecule has 94 valence electrons. The van der Waals surface area contributed by atoms with Crippen LogP contribution in [0.15, 0.2) is 24.0 Å². The van der Waals surface area contributed by atoms with E-state index < -0.39 is 0 Å². The number of hydrogen-bond acceptors (Lipinski definition) is 3. The van der Waals surface area contributed by atoms with Gasteiger partial charge in [0.25, 0.3) is 0 Å². The largest absolute Gasteiger partial charge is 0.393 e. The minimum atomic E-state index is -0.160. The smallest absolute Gasteiger partial charge is 0.0957 e. The van der Waals surface area contributed by atoms with Crippen molar-refractivity contribution < 1.29 is 5.11 Å². The van der Waals surface area contributed by atoms with Gasteiger partial charge in [0.2, 0.25) is 0 Å². The number of imidazole rings is 1. The van der Waals surface area contributed by atoms with Gasteiger partial charge in [-0.1, -0.05) is 12.8 Å². The van der Waals surface area contributed by atoms with Crippen molar-refractivity contribution in [2.75, 3.05) is 0 Å². The van der Waals surface area contributed by atoms with Gasteiger partial charge in [0.1, 0.15) is 0 Å². The van der Waals surface area contributed by atoms with Gasteiger partial charge in [-0.25, -0.2) is 4.98 Å². The molecule has 1 fully saturated rings. The lowest BCUT2D eigenvalue weighted by Crippen LogP contribution is -2.31. The molecular weight excluding hydrogens is 244 g/mol. The Kier molecular flexibility index (Phi) is 2.35. The Morgan fingerprint density at radius 3 is 3.11 bits per heavy atom. The van der Waals surface area contributed by atoms with Crippen molar-refractivity contribution in [3.63, 3.8) is 0 Å². The van der Waals surface area contributed by atoms with Gasteiger partial charge in [0, 0.05) is 16.4 Å². The highest BCUT2D eigenvalue weighted by molar-refractivity contribution is 7.10. The molecule has 1 saturated carbocycles. The highest BCUT2D eigenvalue weighted by Gasteiger charge is 2.39. The number of rotatable bonds is 1. The summed E-state index contributed by atoms with van der Waals surface area (Å²) in [5.74, 6) is 0.353. The first-order valence-corrected chi connectivity index (χ1v) is 7.52. The molecule has 1 aliphatic heterocycles. The summed E-state index contributed by atoms with van der Waals surface area (Å²) in [6.07, 6.45) is 8.19. The molecule has 4 heteroatoms. The maximum atomic E-state index is 10.3. The number of fused-ring (bicyclic) bond motifs is 3. The van der Waals surface area contributed by atoms with Crippen LogP contribution in [0.4, 0.5) is 0 Å². The zero-order valence-corrected chi connectivity index (χ0v) is 10.9. The molecule has 0 aromatic carbocycles. The molecule has 0 bridgehead atoms. The summed E-state index contributed by atoms with van der Waals surface area (Å²) in [7, 11) is 0. The van der Waals surface area contributed by atoms with E-state index >= 15 is 0 Å². The van der Waals surface area contributed by atoms with Gasteiger partial charge in [0.15, 0.2) is 0 Å². The summed E-state index contributed by atoms with van der Waals surface area (Å²) in [6, 6.07) is 2.50. The van der Waals surface area contributed by atoms with E-state index in [9.17, 15) is 5.11 Å². The number of thiophene rings is 1. The second-order valence-electron chi connectivity index (χ2n) is 5.35. The first-order valence-electron chi connectivity index (χ1n) is 6.64. The van der Waals surface area contributed by atoms with E-state index in [1.165, 1.54) is 29.0 Å². The zero-order chi connectivity index (χ0) is 12.1. The molecule has 4 rings (SSSR count). The normalized spacial score (nSPS) is 30.2. The standard InChI is InChI=1S/C14H16N2OS/c17-12-4-2-1-3-10(12)13-14-9(5-6-18-14)11-7-15-8-16(11)13/h5-8,10,12-13,17H,1-4H2/t10?,12-,13-/m1/s1. The van der Waals surface area contributed by atoms with Crippen LogP contribution in [-0.4, -0.2) is 20.8 Å². The van der Waals surface area contributed by atoms with Crippen molar-refractivity contribution >= 4 is 11.3 Å². The quantitative estimate of drug-likeness (QED) is 0.855. The van der Waals surface area contributed by atoms with Crippen LogP contribution in [0, 0.1) is 5.92 Å². The summed E-state index contributed by atoms with van der Waals surface area (Å²) < 4.78 is 2.26. The molecule has 2 aromatic heterocycles. The lowest BCUT2D eigenvalue weighted by Gasteiger charge is -2.33. The average Bonchev–Trinajstić information content (AvgIpc) is 3.02. The van der Waals surface area contributed by atoms with E-state index in [2.05, 4.69) is 21.0 Å². The summed E-state index contributed by atoms with van der Waals surface area (Å²) in [5.41, 5.74) is 2.54. The van der Waals surface area contributed by atoms with Crippen LogP contribution in [0.25, 0.3) is 11.3 Å². The van der Waals surface area contributed by atoms with Crippen LogP contribution in [0.3, 0.4) is 0 Å². The Morgan fingerprint density at radius 1 is 1.33 bits per heavy atom. The second-order valence-corrected chi connectivity index (χ2v) is 6.29. The molecule has 3 heterocycles. The SMILES string of the molecule is O[C@@H]1CCCCC1[C@@H]1c2sccc2-c2cncn21. The Balaban J connectivity index is 1.82. The summed E-state index contributed by atoms with van der Waals surface area (Å²) in [6.45, 7) is 0. The van der Waals surface area contributed by atoms with E-state index in [0.717, 1.165) is 12.8 Å². The number of nitrogens with zero attached hydrogens (tertiary/aromatic N) is 2. The Morgan fingerprint density at radius 2 is 2.22 bits per heavy atom. The number of aromatic nitrogens is 2. The van der Waals surface area contributed by atoms with E-state index in [-0.39, 0.29) is 6.10 Å². The molecule has 1 N–H and O–H groups in total. The maximum absolute atomic E-state index is 10.3. The number of hydrogen-bond donors (Lipinski definition) is 1. The minimum absolute atomic E-state index is 0.160. The van der Waals surface area contributed by atoms with Gasteiger partial charge >= 0.3 is 0 Å². The molecule has 0 amide bonds. The summed E-state index contributed by atoms with van der Waals surface area (Å²) in [4.78, 5) is 5.69. The molecule has 0 saturated heterocycles. The first kappa shape index (κ1) is 10.8. The zero-order valence-electron chi connectivity index (χ0n) is 10.1. The van der Waals surface area contributed by atoms with Crippen LogP contribution >= 0.6 is 11.3 Å². The second kappa shape index (κ2) is 3.93. The molecule has 0 radical (unpaired) electrons. The van der Waals surface area contributed by atoms with Crippen LogP contribution < -0.4 is 0 Å². The maximum Gasteiger partial charge on any atom is 0.0957 e. The number of aliphatic hydroxyl groups is 1. The van der Waals surface area contributed by atoms with E-state index in [0.29, 0.717) is 12.0 Å². The monoisotopic (exact) mass is 260 g/mol. The van der Waals surface area contributed by atoms with Gasteiger partial charge in [-0.3, -0.25) is 0 Å². The highest BCUT2D eigenvalue weighted by atomic mass is 32.1. The van der Waals surface area contributed by atoms with Crippen molar-refractivity contribution in [1.82, 2.24) is 9.55 Å². The summed E-state index contributed by atoms with van der Waals surface area (Å²) >= 11 is 1.82. The molecule has 3 nitrogen and oxygen atoms in total. The predicted molar refractivity (Wildman–Crippen MR) is 71.6 cm³/mol. The average molecular weight is 260 g/mol.